The summed E-state index contributed by atoms with van der Waals surface area (Å²) in [5.74, 6) is -1.77. The Morgan fingerprint density at radius 3 is 2.66 bits per heavy atom. The predicted molar refractivity (Wildman–Crippen MR) is 127 cm³/mol. The van der Waals surface area contributed by atoms with Gasteiger partial charge in [-0.25, -0.2) is 4.39 Å². The molecule has 0 saturated heterocycles. The smallest absolute Gasteiger partial charge is 0.269 e. The monoisotopic (exact) mass is 481 g/mol. The lowest BCUT2D eigenvalue weighted by atomic mass is 9.80. The van der Waals surface area contributed by atoms with Crippen LogP contribution in [0, 0.1) is 18.7 Å². The molecule has 2 aromatic carbocycles. The molecule has 0 bridgehead atoms. The van der Waals surface area contributed by atoms with E-state index in [9.17, 15) is 23.9 Å². The number of nitrogens with one attached hydrogen (secondary N) is 1. The Hall–Kier alpha value is -3.79. The van der Waals surface area contributed by atoms with Crippen LogP contribution >= 0.6 is 0 Å². The number of rotatable bonds is 9. The fraction of sp³-hybridized carbons (Fsp3) is 0.360. The van der Waals surface area contributed by atoms with Crippen molar-refractivity contribution < 1.29 is 23.9 Å². The Balaban J connectivity index is 1.49. The van der Waals surface area contributed by atoms with Crippen LogP contribution in [0.15, 0.2) is 42.5 Å². The van der Waals surface area contributed by atoms with E-state index in [1.165, 1.54) is 9.58 Å². The summed E-state index contributed by atoms with van der Waals surface area (Å²) < 4.78 is 15.7. The van der Waals surface area contributed by atoms with Gasteiger partial charge in [-0.3, -0.25) is 19.1 Å². The molecule has 10 heteroatoms. The Labute approximate surface area is 201 Å². The molecule has 1 heterocycles. The highest BCUT2D eigenvalue weighted by molar-refractivity contribution is 6.04. The molecule has 0 unspecified atom stereocenters. The van der Waals surface area contributed by atoms with Crippen molar-refractivity contribution in [2.75, 3.05) is 13.2 Å². The number of benzene rings is 2. The summed E-state index contributed by atoms with van der Waals surface area (Å²) in [6.07, 6.45) is 1.16. The van der Waals surface area contributed by atoms with E-state index in [-0.39, 0.29) is 55.6 Å². The van der Waals surface area contributed by atoms with Crippen molar-refractivity contribution in [3.8, 4) is 0 Å². The largest absolute Gasteiger partial charge is 0.396 e. The van der Waals surface area contributed by atoms with Crippen LogP contribution in [-0.4, -0.2) is 56.7 Å². The molecule has 0 radical (unpaired) electrons. The molecule has 1 aromatic heterocycles. The third-order valence-electron chi connectivity index (χ3n) is 6.47. The zero-order valence-electron chi connectivity index (χ0n) is 19.4. The van der Waals surface area contributed by atoms with Crippen molar-refractivity contribution in [1.29, 1.82) is 0 Å². The number of carbonyl (C=O) groups excluding carboxylic acids is 3. The van der Waals surface area contributed by atoms with Crippen LogP contribution in [0.25, 0.3) is 10.9 Å². The predicted octanol–water partition coefficient (Wildman–Crippen LogP) is 1.50. The zero-order valence-corrected chi connectivity index (χ0v) is 19.4. The molecule has 3 aromatic rings. The maximum Gasteiger partial charge on any atom is 0.269 e. The van der Waals surface area contributed by atoms with Crippen molar-refractivity contribution in [1.82, 2.24) is 20.0 Å². The molecule has 4 rings (SSSR count). The van der Waals surface area contributed by atoms with Gasteiger partial charge in [0.15, 0.2) is 5.69 Å². The van der Waals surface area contributed by atoms with Gasteiger partial charge < -0.3 is 21.1 Å². The van der Waals surface area contributed by atoms with Crippen LogP contribution in [-0.2, 0) is 22.7 Å². The lowest BCUT2D eigenvalue weighted by Gasteiger charge is -2.42. The highest BCUT2D eigenvalue weighted by Gasteiger charge is 2.36. The number of aryl methyl sites for hydroxylation is 1. The Bertz CT molecular complexity index is 1270. The highest BCUT2D eigenvalue weighted by atomic mass is 19.1. The lowest BCUT2D eigenvalue weighted by molar-refractivity contribution is -0.142. The van der Waals surface area contributed by atoms with E-state index < -0.39 is 11.8 Å². The van der Waals surface area contributed by atoms with E-state index in [0.29, 0.717) is 34.9 Å². The number of aromatic nitrogens is 2. The number of aliphatic hydroxyl groups excluding tert-OH is 1. The molecule has 184 valence electrons. The fourth-order valence-corrected chi connectivity index (χ4v) is 4.42. The van der Waals surface area contributed by atoms with Crippen molar-refractivity contribution in [3.63, 3.8) is 0 Å². The molecule has 0 aliphatic heterocycles. The number of halogens is 1. The topological polar surface area (TPSA) is 131 Å². The van der Waals surface area contributed by atoms with Crippen molar-refractivity contribution in [2.45, 2.75) is 38.9 Å². The first-order valence-corrected chi connectivity index (χ1v) is 11.4. The van der Waals surface area contributed by atoms with E-state index in [1.54, 1.807) is 49.4 Å². The molecule has 1 fully saturated rings. The van der Waals surface area contributed by atoms with Gasteiger partial charge in [0.25, 0.3) is 5.91 Å². The Morgan fingerprint density at radius 1 is 1.20 bits per heavy atom. The number of amides is 3. The summed E-state index contributed by atoms with van der Waals surface area (Å²) in [4.78, 5) is 39.3. The number of nitrogens with two attached hydrogens (primary N) is 1. The second-order valence-corrected chi connectivity index (χ2v) is 8.91. The van der Waals surface area contributed by atoms with Gasteiger partial charge >= 0.3 is 0 Å². The second-order valence-electron chi connectivity index (χ2n) is 8.91. The Morgan fingerprint density at radius 2 is 1.94 bits per heavy atom. The third-order valence-corrected chi connectivity index (χ3v) is 6.47. The van der Waals surface area contributed by atoms with Crippen LogP contribution in [0.4, 0.5) is 4.39 Å². The van der Waals surface area contributed by atoms with E-state index >= 15 is 0 Å². The fourth-order valence-electron chi connectivity index (χ4n) is 4.42. The standard InChI is InChI=1S/C25H28FN5O4/c1-15-5-4-6-17(23(15)26)11-28-21(33)12-30(18-9-16(10-18)14-32)22(34)13-31-20-8-3-2-7-19(20)24(29-31)25(27)35/h2-8,16,18,32H,9-14H2,1H3,(H2,27,35)(H,28,33). The van der Waals surface area contributed by atoms with Gasteiger partial charge in [-0.05, 0) is 37.3 Å². The minimum atomic E-state index is -0.697. The summed E-state index contributed by atoms with van der Waals surface area (Å²) in [5, 5.41) is 16.9. The molecule has 9 nitrogen and oxygen atoms in total. The van der Waals surface area contributed by atoms with Crippen LogP contribution in [0.5, 0.6) is 0 Å². The van der Waals surface area contributed by atoms with E-state index in [4.69, 9.17) is 5.73 Å². The SMILES string of the molecule is Cc1cccc(CNC(=O)CN(C(=O)Cn2nc(C(N)=O)c3ccccc32)C2CC(CO)C2)c1F. The number of para-hydroxylation sites is 1. The van der Waals surface area contributed by atoms with Gasteiger partial charge in [0, 0.05) is 30.1 Å². The van der Waals surface area contributed by atoms with Gasteiger partial charge in [-0.1, -0.05) is 36.4 Å². The van der Waals surface area contributed by atoms with Crippen LogP contribution < -0.4 is 11.1 Å². The number of primary amides is 1. The maximum absolute atomic E-state index is 14.3. The van der Waals surface area contributed by atoms with Gasteiger partial charge in [0.2, 0.25) is 11.8 Å². The Kier molecular flexibility index (Phi) is 7.11. The molecule has 0 spiro atoms. The molecular weight excluding hydrogens is 453 g/mol. The van der Waals surface area contributed by atoms with E-state index in [0.717, 1.165) is 0 Å². The summed E-state index contributed by atoms with van der Waals surface area (Å²) >= 11 is 0. The summed E-state index contributed by atoms with van der Waals surface area (Å²) in [5.41, 5.74) is 6.95. The number of hydrogen-bond acceptors (Lipinski definition) is 5. The lowest BCUT2D eigenvalue weighted by Crippen LogP contribution is -2.53. The summed E-state index contributed by atoms with van der Waals surface area (Å²) in [7, 11) is 0. The number of hydrogen-bond donors (Lipinski definition) is 3. The highest BCUT2D eigenvalue weighted by Crippen LogP contribution is 2.31. The first-order valence-electron chi connectivity index (χ1n) is 11.4. The molecule has 1 aliphatic rings. The zero-order chi connectivity index (χ0) is 25.1. The number of fused-ring (bicyclic) bond motifs is 1. The average Bonchev–Trinajstić information content (AvgIpc) is 3.17. The minimum Gasteiger partial charge on any atom is -0.396 e. The average molecular weight is 482 g/mol. The molecule has 3 amide bonds. The molecule has 1 aliphatic carbocycles. The van der Waals surface area contributed by atoms with Crippen molar-refractivity contribution >= 4 is 28.6 Å². The van der Waals surface area contributed by atoms with Crippen LogP contribution in [0.2, 0.25) is 0 Å². The maximum atomic E-state index is 14.3. The van der Waals surface area contributed by atoms with E-state index in [2.05, 4.69) is 10.4 Å². The van der Waals surface area contributed by atoms with Crippen LogP contribution in [0.1, 0.15) is 34.5 Å². The van der Waals surface area contributed by atoms with Crippen LogP contribution in [0.3, 0.4) is 0 Å². The quantitative estimate of drug-likeness (QED) is 0.426. The molecular formula is C25H28FN5O4. The minimum absolute atomic E-state index is 0.00404. The number of carbonyl (C=O) groups is 3. The van der Waals surface area contributed by atoms with Gasteiger partial charge in [-0.15, -0.1) is 0 Å². The summed E-state index contributed by atoms with van der Waals surface area (Å²) in [6.45, 7) is 1.27. The van der Waals surface area contributed by atoms with Gasteiger partial charge in [0.05, 0.1) is 12.1 Å². The summed E-state index contributed by atoms with van der Waals surface area (Å²) in [6, 6.07) is 11.7. The third kappa shape index (κ3) is 5.17. The van der Waals surface area contributed by atoms with Gasteiger partial charge in [-0.2, -0.15) is 5.10 Å². The first-order chi connectivity index (χ1) is 16.8. The second kappa shape index (κ2) is 10.2. The first kappa shape index (κ1) is 24.3. The molecule has 4 N–H and O–H groups in total. The molecule has 35 heavy (non-hydrogen) atoms. The van der Waals surface area contributed by atoms with Gasteiger partial charge in [0.1, 0.15) is 12.4 Å². The number of nitrogens with zero attached hydrogens (tertiary/aromatic N) is 3. The van der Waals surface area contributed by atoms with Crippen molar-refractivity contribution in [2.24, 2.45) is 11.7 Å². The van der Waals surface area contributed by atoms with Crippen molar-refractivity contribution in [3.05, 3.63) is 65.1 Å². The normalized spacial score (nSPS) is 17.1. The molecule has 0 atom stereocenters. The van der Waals surface area contributed by atoms with E-state index in [1.807, 2.05) is 0 Å². The number of aliphatic hydroxyl groups is 1. The molecule has 1 saturated carbocycles.